The molecule has 19 nitrogen and oxygen atoms in total. The van der Waals surface area contributed by atoms with Crippen LogP contribution in [0, 0.1) is 0 Å². The fourth-order valence-corrected chi connectivity index (χ4v) is 13.7. The molecule has 0 aromatic carbocycles. The quantitative estimate of drug-likeness (QED) is 0.0199. The number of carbonyl (C=O) groups is 1. The highest BCUT2D eigenvalue weighted by Gasteiger charge is 2.53. The van der Waals surface area contributed by atoms with Crippen LogP contribution in [0.3, 0.4) is 0 Å². The van der Waals surface area contributed by atoms with E-state index >= 15 is 0 Å². The van der Waals surface area contributed by atoms with Gasteiger partial charge in [0.25, 0.3) is 0 Å². The Kier molecular flexibility index (Phi) is 53.6. The predicted molar refractivity (Wildman–Crippen MR) is 374 cm³/mol. The minimum Gasteiger partial charge on any atom is -0.394 e. The van der Waals surface area contributed by atoms with Gasteiger partial charge in [-0.2, -0.15) is 0 Å². The van der Waals surface area contributed by atoms with Gasteiger partial charge in [0.2, 0.25) is 5.91 Å². The molecule has 17 atom stereocenters. The summed E-state index contributed by atoms with van der Waals surface area (Å²) >= 11 is 0. The molecular weight excluding hydrogens is 1210 g/mol. The zero-order valence-electron chi connectivity index (χ0n) is 59.9. The van der Waals surface area contributed by atoms with Crippen LogP contribution in [-0.2, 0) is 33.2 Å². The second kappa shape index (κ2) is 58.1. The van der Waals surface area contributed by atoms with Crippen LogP contribution in [0.2, 0.25) is 0 Å². The molecule has 3 saturated heterocycles. The zero-order chi connectivity index (χ0) is 68.9. The van der Waals surface area contributed by atoms with Crippen molar-refractivity contribution in [1.29, 1.82) is 0 Å². The van der Waals surface area contributed by atoms with Gasteiger partial charge >= 0.3 is 0 Å². The number of nitrogens with one attached hydrogen (secondary N) is 1. The van der Waals surface area contributed by atoms with Gasteiger partial charge in [0.1, 0.15) is 73.2 Å². The van der Waals surface area contributed by atoms with E-state index in [2.05, 4.69) is 19.2 Å². The summed E-state index contributed by atoms with van der Waals surface area (Å²) in [5.41, 5.74) is 0. The van der Waals surface area contributed by atoms with Crippen LogP contribution in [-0.4, -0.2) is 193 Å². The lowest BCUT2D eigenvalue weighted by atomic mass is 9.96. The third-order valence-electron chi connectivity index (χ3n) is 20.1. The number of carbonyl (C=O) groups excluding carboxylic acids is 1. The van der Waals surface area contributed by atoms with Crippen LogP contribution in [0.15, 0.2) is 12.2 Å². The topological polar surface area (TPSA) is 307 Å². The highest BCUT2D eigenvalue weighted by molar-refractivity contribution is 5.76. The first-order valence-electron chi connectivity index (χ1n) is 39.4. The monoisotopic (exact) mass is 1360 g/mol. The van der Waals surface area contributed by atoms with E-state index in [0.29, 0.717) is 6.42 Å². The summed E-state index contributed by atoms with van der Waals surface area (Å²) in [5.74, 6) is -0.268. The van der Waals surface area contributed by atoms with Crippen molar-refractivity contribution in [3.8, 4) is 0 Å². The van der Waals surface area contributed by atoms with Crippen molar-refractivity contribution >= 4 is 5.91 Å². The lowest BCUT2D eigenvalue weighted by molar-refractivity contribution is -0.379. The molecule has 17 unspecified atom stereocenters. The largest absolute Gasteiger partial charge is 0.394 e. The lowest BCUT2D eigenvalue weighted by Crippen LogP contribution is -2.66. The Morgan fingerprint density at radius 1 is 0.368 bits per heavy atom. The van der Waals surface area contributed by atoms with Gasteiger partial charge in [0.05, 0.1) is 38.6 Å². The summed E-state index contributed by atoms with van der Waals surface area (Å²) in [6.07, 6.45) is 40.8. The van der Waals surface area contributed by atoms with Crippen molar-refractivity contribution in [3.63, 3.8) is 0 Å². The molecule has 0 aliphatic carbocycles. The maximum atomic E-state index is 13.4. The summed E-state index contributed by atoms with van der Waals surface area (Å²) in [6, 6.07) is -0.969. The number of rotatable bonds is 63. The van der Waals surface area contributed by atoms with E-state index in [9.17, 15) is 61.0 Å². The molecule has 3 aliphatic heterocycles. The zero-order valence-corrected chi connectivity index (χ0v) is 59.9. The molecule has 0 saturated carbocycles. The Bertz CT molecular complexity index is 1770. The number of allylic oxidation sites excluding steroid dienone is 1. The van der Waals surface area contributed by atoms with Gasteiger partial charge in [-0.3, -0.25) is 4.79 Å². The fraction of sp³-hybridized carbons (Fsp3) is 0.961. The predicted octanol–water partition coefficient (Wildman–Crippen LogP) is 12.4. The summed E-state index contributed by atoms with van der Waals surface area (Å²) in [6.45, 7) is 1.78. The Morgan fingerprint density at radius 3 is 0.989 bits per heavy atom. The molecule has 0 radical (unpaired) electrons. The lowest BCUT2D eigenvalue weighted by Gasteiger charge is -2.48. The molecule has 0 bridgehead atoms. The van der Waals surface area contributed by atoms with Crippen molar-refractivity contribution in [2.45, 2.75) is 439 Å². The van der Waals surface area contributed by atoms with Crippen molar-refractivity contribution in [1.82, 2.24) is 5.32 Å². The van der Waals surface area contributed by atoms with Gasteiger partial charge < -0.3 is 89.9 Å². The molecule has 19 heteroatoms. The standard InChI is InChI=1S/C76H145NO18/c1-3-5-7-9-11-13-15-17-19-21-22-23-24-25-26-27-28-29-30-31-32-33-34-35-36-37-38-40-42-44-46-48-50-52-54-64(82)77-59(60(81)53-51-49-47-45-43-41-39-20-18-16-14-12-10-8-6-4-2)58-90-74-70(88)67(85)72(62(56-79)92-74)95-76-71(89)68(86)73(63(57-80)93-76)94-75-69(87)66(84)65(83)61(55-78)91-75/h51,53,59-63,65-76,78-81,83-89H,3-50,52,54-58H2,1-2H3,(H,77,82)/b53-51+. The smallest absolute Gasteiger partial charge is 0.220 e. The Labute approximate surface area is 576 Å². The van der Waals surface area contributed by atoms with Crippen LogP contribution >= 0.6 is 0 Å². The summed E-state index contributed by atoms with van der Waals surface area (Å²) in [7, 11) is 0. The highest BCUT2D eigenvalue weighted by Crippen LogP contribution is 2.33. The molecule has 562 valence electrons. The van der Waals surface area contributed by atoms with E-state index in [1.807, 2.05) is 6.08 Å². The van der Waals surface area contributed by atoms with Crippen LogP contribution in [0.4, 0.5) is 0 Å². The molecule has 0 spiro atoms. The van der Waals surface area contributed by atoms with Gasteiger partial charge in [-0.15, -0.1) is 0 Å². The fourth-order valence-electron chi connectivity index (χ4n) is 13.7. The van der Waals surface area contributed by atoms with Crippen LogP contribution in [0.25, 0.3) is 0 Å². The summed E-state index contributed by atoms with van der Waals surface area (Å²) in [5, 5.41) is 121. The second-order valence-electron chi connectivity index (χ2n) is 28.5. The molecule has 0 aromatic rings. The maximum absolute atomic E-state index is 13.4. The SMILES string of the molecule is CCCCCCCCCCCCCCCC/C=C/C(O)C(COC1OC(CO)C(OC2OC(CO)C(OC3OC(CO)C(O)C(O)C3O)C(O)C2O)C(O)C1O)NC(=O)CCCCCCCCCCCCCCCCCCCCCCCCCCCCCCCCCCCC. The minimum atomic E-state index is -1.98. The van der Waals surface area contributed by atoms with E-state index < -0.39 is 124 Å². The van der Waals surface area contributed by atoms with Gasteiger partial charge in [-0.1, -0.05) is 321 Å². The second-order valence-corrected chi connectivity index (χ2v) is 28.5. The van der Waals surface area contributed by atoms with E-state index in [-0.39, 0.29) is 18.9 Å². The first kappa shape index (κ1) is 87.7. The highest BCUT2D eigenvalue weighted by atomic mass is 16.8. The Balaban J connectivity index is 1.33. The van der Waals surface area contributed by atoms with Crippen molar-refractivity contribution in [3.05, 3.63) is 12.2 Å². The van der Waals surface area contributed by atoms with Crippen molar-refractivity contribution < 1.29 is 89.4 Å². The van der Waals surface area contributed by atoms with Crippen LogP contribution in [0.5, 0.6) is 0 Å². The molecular formula is C76H145NO18. The van der Waals surface area contributed by atoms with E-state index in [4.69, 9.17) is 28.4 Å². The minimum absolute atomic E-state index is 0.250. The molecule has 3 heterocycles. The van der Waals surface area contributed by atoms with Gasteiger partial charge in [0, 0.05) is 6.42 Å². The Hall–Kier alpha value is -1.47. The number of aliphatic hydroxyl groups is 11. The van der Waals surface area contributed by atoms with Gasteiger partial charge in [0.15, 0.2) is 18.9 Å². The van der Waals surface area contributed by atoms with E-state index in [1.54, 1.807) is 6.08 Å². The van der Waals surface area contributed by atoms with E-state index in [1.165, 1.54) is 263 Å². The normalized spacial score (nSPS) is 27.2. The number of hydrogen-bond donors (Lipinski definition) is 12. The van der Waals surface area contributed by atoms with Crippen LogP contribution in [0.1, 0.15) is 335 Å². The number of hydrogen-bond acceptors (Lipinski definition) is 18. The molecule has 3 fully saturated rings. The number of amides is 1. The molecule has 3 aliphatic rings. The van der Waals surface area contributed by atoms with Crippen molar-refractivity contribution in [2.75, 3.05) is 26.4 Å². The van der Waals surface area contributed by atoms with Crippen molar-refractivity contribution in [2.24, 2.45) is 0 Å². The molecule has 12 N–H and O–H groups in total. The average molecular weight is 1360 g/mol. The number of unbranched alkanes of at least 4 members (excludes halogenated alkanes) is 47. The molecule has 1 amide bonds. The summed E-state index contributed by atoms with van der Waals surface area (Å²) in [4.78, 5) is 13.4. The number of aliphatic hydroxyl groups excluding tert-OH is 11. The third-order valence-corrected chi connectivity index (χ3v) is 20.1. The van der Waals surface area contributed by atoms with Gasteiger partial charge in [-0.05, 0) is 19.3 Å². The third kappa shape index (κ3) is 39.0. The summed E-state index contributed by atoms with van der Waals surface area (Å²) < 4.78 is 34.4. The first-order chi connectivity index (χ1) is 46.3. The van der Waals surface area contributed by atoms with Gasteiger partial charge in [-0.25, -0.2) is 0 Å². The van der Waals surface area contributed by atoms with E-state index in [0.717, 1.165) is 44.9 Å². The average Bonchev–Trinajstić information content (AvgIpc) is 0.786. The first-order valence-corrected chi connectivity index (χ1v) is 39.4. The maximum Gasteiger partial charge on any atom is 0.220 e. The molecule has 95 heavy (non-hydrogen) atoms. The Morgan fingerprint density at radius 2 is 0.653 bits per heavy atom. The van der Waals surface area contributed by atoms with Crippen LogP contribution < -0.4 is 5.32 Å². The number of ether oxygens (including phenoxy) is 6. The molecule has 3 rings (SSSR count). The molecule has 0 aromatic heterocycles.